The summed E-state index contributed by atoms with van der Waals surface area (Å²) in [6, 6.07) is 5.55. The molecule has 0 fully saturated rings. The highest BCUT2D eigenvalue weighted by Gasteiger charge is 2.17. The number of rotatable bonds is 1. The standard InChI is InChI=1S/C15H15N3OS/c1-15(2,3)12-7-13(19)18-14(17-12)9-6-11-10(16-8-9)4-5-20-11/h4-8H,1-3H3,(H,17,18,19). The van der Waals surface area contributed by atoms with Crippen LogP contribution in [-0.4, -0.2) is 15.0 Å². The summed E-state index contributed by atoms with van der Waals surface area (Å²) in [5.41, 5.74) is 2.29. The minimum Gasteiger partial charge on any atom is -0.306 e. The van der Waals surface area contributed by atoms with Crippen LogP contribution in [0.2, 0.25) is 0 Å². The zero-order valence-corrected chi connectivity index (χ0v) is 12.4. The van der Waals surface area contributed by atoms with E-state index < -0.39 is 0 Å². The molecular weight excluding hydrogens is 270 g/mol. The monoisotopic (exact) mass is 285 g/mol. The molecule has 5 heteroatoms. The lowest BCUT2D eigenvalue weighted by Gasteiger charge is -2.17. The molecule has 0 saturated heterocycles. The molecule has 0 saturated carbocycles. The van der Waals surface area contributed by atoms with Crippen molar-refractivity contribution >= 4 is 21.6 Å². The van der Waals surface area contributed by atoms with Gasteiger partial charge < -0.3 is 4.98 Å². The second-order valence-electron chi connectivity index (χ2n) is 5.76. The highest BCUT2D eigenvalue weighted by molar-refractivity contribution is 7.17. The van der Waals surface area contributed by atoms with Crippen molar-refractivity contribution in [3.63, 3.8) is 0 Å². The molecule has 3 aromatic heterocycles. The molecule has 0 spiro atoms. The number of H-pyrrole nitrogens is 1. The zero-order chi connectivity index (χ0) is 14.3. The molecule has 3 rings (SSSR count). The molecule has 0 aliphatic heterocycles. The average molecular weight is 285 g/mol. The van der Waals surface area contributed by atoms with Crippen molar-refractivity contribution in [2.75, 3.05) is 0 Å². The Morgan fingerprint density at radius 2 is 2.05 bits per heavy atom. The van der Waals surface area contributed by atoms with Crippen molar-refractivity contribution in [1.29, 1.82) is 0 Å². The maximum Gasteiger partial charge on any atom is 0.251 e. The Balaban J connectivity index is 2.18. The SMILES string of the molecule is CC(C)(C)c1cc(=O)[nH]c(-c2cnc3ccsc3c2)n1. The third kappa shape index (κ3) is 2.36. The van der Waals surface area contributed by atoms with Crippen LogP contribution in [0.1, 0.15) is 26.5 Å². The summed E-state index contributed by atoms with van der Waals surface area (Å²) in [7, 11) is 0. The number of aromatic nitrogens is 3. The first kappa shape index (κ1) is 13.0. The van der Waals surface area contributed by atoms with Crippen LogP contribution in [0.5, 0.6) is 0 Å². The Labute approximate surface area is 120 Å². The third-order valence-electron chi connectivity index (χ3n) is 3.09. The van der Waals surface area contributed by atoms with E-state index in [-0.39, 0.29) is 11.0 Å². The number of aromatic amines is 1. The van der Waals surface area contributed by atoms with Crippen molar-refractivity contribution in [3.05, 3.63) is 45.8 Å². The van der Waals surface area contributed by atoms with Gasteiger partial charge in [-0.3, -0.25) is 9.78 Å². The topological polar surface area (TPSA) is 58.6 Å². The van der Waals surface area contributed by atoms with Crippen LogP contribution in [0.15, 0.2) is 34.6 Å². The molecule has 0 aliphatic rings. The smallest absolute Gasteiger partial charge is 0.251 e. The minimum absolute atomic E-state index is 0.133. The fourth-order valence-electron chi connectivity index (χ4n) is 1.95. The van der Waals surface area contributed by atoms with E-state index in [1.807, 2.05) is 38.3 Å². The Morgan fingerprint density at radius 3 is 2.80 bits per heavy atom. The maximum absolute atomic E-state index is 11.8. The van der Waals surface area contributed by atoms with Gasteiger partial charge in [-0.2, -0.15) is 0 Å². The number of fused-ring (bicyclic) bond motifs is 1. The first-order valence-corrected chi connectivity index (χ1v) is 7.27. The number of pyridine rings is 1. The van der Waals surface area contributed by atoms with Gasteiger partial charge in [0.25, 0.3) is 5.56 Å². The van der Waals surface area contributed by atoms with E-state index in [2.05, 4.69) is 15.0 Å². The van der Waals surface area contributed by atoms with Crippen LogP contribution < -0.4 is 5.56 Å². The van der Waals surface area contributed by atoms with Crippen LogP contribution in [0.3, 0.4) is 0 Å². The lowest BCUT2D eigenvalue weighted by Crippen LogP contribution is -2.19. The number of hydrogen-bond acceptors (Lipinski definition) is 4. The van der Waals surface area contributed by atoms with E-state index in [4.69, 9.17) is 0 Å². The molecule has 0 radical (unpaired) electrons. The number of hydrogen-bond donors (Lipinski definition) is 1. The van der Waals surface area contributed by atoms with Crippen LogP contribution in [0.4, 0.5) is 0 Å². The van der Waals surface area contributed by atoms with Crippen LogP contribution in [0.25, 0.3) is 21.6 Å². The lowest BCUT2D eigenvalue weighted by molar-refractivity contribution is 0.566. The molecule has 0 atom stereocenters. The Morgan fingerprint density at radius 1 is 1.25 bits per heavy atom. The second kappa shape index (κ2) is 4.52. The van der Waals surface area contributed by atoms with Gasteiger partial charge >= 0.3 is 0 Å². The predicted molar refractivity (Wildman–Crippen MR) is 82.2 cm³/mol. The molecule has 20 heavy (non-hydrogen) atoms. The summed E-state index contributed by atoms with van der Waals surface area (Å²) >= 11 is 1.63. The minimum atomic E-state index is -0.163. The highest BCUT2D eigenvalue weighted by Crippen LogP contribution is 2.25. The van der Waals surface area contributed by atoms with Gasteiger partial charge in [0.2, 0.25) is 0 Å². The lowest BCUT2D eigenvalue weighted by atomic mass is 9.92. The zero-order valence-electron chi connectivity index (χ0n) is 11.6. The summed E-state index contributed by atoms with van der Waals surface area (Å²) in [5, 5.41) is 2.00. The first-order chi connectivity index (χ1) is 9.43. The fourth-order valence-corrected chi connectivity index (χ4v) is 2.73. The molecule has 0 unspecified atom stereocenters. The summed E-state index contributed by atoms with van der Waals surface area (Å²) in [5.74, 6) is 0.574. The molecule has 4 nitrogen and oxygen atoms in total. The molecular formula is C15H15N3OS. The largest absolute Gasteiger partial charge is 0.306 e. The van der Waals surface area contributed by atoms with Crippen LogP contribution in [0, 0.1) is 0 Å². The Bertz CT molecular complexity index is 827. The van der Waals surface area contributed by atoms with E-state index in [9.17, 15) is 4.79 Å². The molecule has 0 aliphatic carbocycles. The van der Waals surface area contributed by atoms with E-state index in [0.717, 1.165) is 21.5 Å². The number of thiophene rings is 1. The summed E-state index contributed by atoms with van der Waals surface area (Å²) in [6.07, 6.45) is 1.75. The van der Waals surface area contributed by atoms with Crippen molar-refractivity contribution in [3.8, 4) is 11.4 Å². The maximum atomic E-state index is 11.8. The van der Waals surface area contributed by atoms with Crippen molar-refractivity contribution in [2.45, 2.75) is 26.2 Å². The van der Waals surface area contributed by atoms with Gasteiger partial charge in [-0.1, -0.05) is 20.8 Å². The van der Waals surface area contributed by atoms with Gasteiger partial charge in [-0.05, 0) is 17.5 Å². The van der Waals surface area contributed by atoms with Crippen LogP contribution >= 0.6 is 11.3 Å². The van der Waals surface area contributed by atoms with Crippen LogP contribution in [-0.2, 0) is 5.41 Å². The normalized spacial score (nSPS) is 11.9. The number of nitrogens with one attached hydrogen (secondary N) is 1. The van der Waals surface area contributed by atoms with Crippen molar-refractivity contribution in [1.82, 2.24) is 15.0 Å². The third-order valence-corrected chi connectivity index (χ3v) is 3.94. The summed E-state index contributed by atoms with van der Waals surface area (Å²) < 4.78 is 1.09. The first-order valence-electron chi connectivity index (χ1n) is 6.39. The van der Waals surface area contributed by atoms with E-state index in [1.54, 1.807) is 23.6 Å². The molecule has 1 N–H and O–H groups in total. The van der Waals surface area contributed by atoms with Gasteiger partial charge in [0, 0.05) is 23.2 Å². The average Bonchev–Trinajstić information content (AvgIpc) is 2.84. The van der Waals surface area contributed by atoms with Gasteiger partial charge in [0.1, 0.15) is 5.82 Å². The predicted octanol–water partition coefficient (Wildman–Crippen LogP) is 3.34. The van der Waals surface area contributed by atoms with Crippen molar-refractivity contribution in [2.24, 2.45) is 0 Å². The van der Waals surface area contributed by atoms with Gasteiger partial charge in [0.05, 0.1) is 15.9 Å². The van der Waals surface area contributed by atoms with E-state index in [1.165, 1.54) is 0 Å². The summed E-state index contributed by atoms with van der Waals surface area (Å²) in [6.45, 7) is 6.12. The second-order valence-corrected chi connectivity index (χ2v) is 6.70. The van der Waals surface area contributed by atoms with E-state index >= 15 is 0 Å². The molecule has 102 valence electrons. The molecule has 3 aromatic rings. The number of nitrogens with zero attached hydrogens (tertiary/aromatic N) is 2. The Hall–Kier alpha value is -2.01. The van der Waals surface area contributed by atoms with Crippen molar-refractivity contribution < 1.29 is 0 Å². The highest BCUT2D eigenvalue weighted by atomic mass is 32.1. The molecule has 3 heterocycles. The molecule has 0 aromatic carbocycles. The molecule has 0 amide bonds. The Kier molecular flexibility index (Phi) is 2.94. The quantitative estimate of drug-likeness (QED) is 0.746. The summed E-state index contributed by atoms with van der Waals surface area (Å²) in [4.78, 5) is 23.6. The van der Waals surface area contributed by atoms with Gasteiger partial charge in [-0.15, -0.1) is 11.3 Å². The van der Waals surface area contributed by atoms with Gasteiger partial charge in [-0.25, -0.2) is 4.98 Å². The van der Waals surface area contributed by atoms with E-state index in [0.29, 0.717) is 5.82 Å². The van der Waals surface area contributed by atoms with Gasteiger partial charge in [0.15, 0.2) is 0 Å². The molecule has 0 bridgehead atoms. The fraction of sp³-hybridized carbons (Fsp3) is 0.267.